The Hall–Kier alpha value is -0.120. The number of hydrogen-bond donors (Lipinski definition) is 0. The molecule has 0 radical (unpaired) electrons. The molecule has 1 saturated heterocycles. The third kappa shape index (κ3) is 2.96. The van der Waals surface area contributed by atoms with Gasteiger partial charge in [0.25, 0.3) is 0 Å². The molecule has 1 aliphatic heterocycles. The van der Waals surface area contributed by atoms with Crippen LogP contribution in [-0.4, -0.2) is 61.8 Å². The first-order valence-electron chi connectivity index (χ1n) is 6.83. The van der Waals surface area contributed by atoms with Gasteiger partial charge in [-0.3, -0.25) is 4.90 Å². The van der Waals surface area contributed by atoms with Crippen LogP contribution in [0.4, 0.5) is 0 Å². The summed E-state index contributed by atoms with van der Waals surface area (Å²) >= 11 is 0. The lowest BCUT2D eigenvalue weighted by Gasteiger charge is -2.40. The Kier molecular flexibility index (Phi) is 4.62. The SMILES string of the molecule is CCN(C)C1CCC(N2CCOCC2)CC1. The molecule has 0 N–H and O–H groups in total. The molecule has 0 aromatic heterocycles. The van der Waals surface area contributed by atoms with Gasteiger partial charge in [0.05, 0.1) is 13.2 Å². The van der Waals surface area contributed by atoms with E-state index in [4.69, 9.17) is 4.74 Å². The lowest BCUT2D eigenvalue weighted by Crippen LogP contribution is -2.47. The van der Waals surface area contributed by atoms with Gasteiger partial charge in [0.1, 0.15) is 0 Å². The van der Waals surface area contributed by atoms with E-state index < -0.39 is 0 Å². The molecule has 1 saturated carbocycles. The molecule has 2 fully saturated rings. The fourth-order valence-corrected chi connectivity index (χ4v) is 3.06. The van der Waals surface area contributed by atoms with E-state index in [0.29, 0.717) is 0 Å². The van der Waals surface area contributed by atoms with Crippen LogP contribution in [0.25, 0.3) is 0 Å². The molecule has 1 aliphatic carbocycles. The van der Waals surface area contributed by atoms with E-state index in [9.17, 15) is 0 Å². The van der Waals surface area contributed by atoms with Crippen molar-refractivity contribution in [2.75, 3.05) is 39.9 Å². The average molecular weight is 226 g/mol. The molecule has 94 valence electrons. The van der Waals surface area contributed by atoms with Crippen molar-refractivity contribution in [3.8, 4) is 0 Å². The smallest absolute Gasteiger partial charge is 0.0594 e. The summed E-state index contributed by atoms with van der Waals surface area (Å²) in [6.45, 7) is 7.63. The van der Waals surface area contributed by atoms with Crippen LogP contribution in [0.5, 0.6) is 0 Å². The normalized spacial score (nSPS) is 33.2. The molecule has 16 heavy (non-hydrogen) atoms. The van der Waals surface area contributed by atoms with E-state index in [1.54, 1.807) is 0 Å². The van der Waals surface area contributed by atoms with Crippen LogP contribution < -0.4 is 0 Å². The second-order valence-corrected chi connectivity index (χ2v) is 5.18. The zero-order chi connectivity index (χ0) is 11.4. The van der Waals surface area contributed by atoms with Crippen molar-refractivity contribution in [3.63, 3.8) is 0 Å². The fraction of sp³-hybridized carbons (Fsp3) is 1.00. The predicted octanol–water partition coefficient (Wildman–Crippen LogP) is 1.58. The molecule has 0 unspecified atom stereocenters. The molecule has 2 aliphatic rings. The van der Waals surface area contributed by atoms with Crippen LogP contribution in [0, 0.1) is 0 Å². The van der Waals surface area contributed by atoms with Crippen LogP contribution in [0.15, 0.2) is 0 Å². The molecule has 0 aromatic carbocycles. The van der Waals surface area contributed by atoms with E-state index >= 15 is 0 Å². The molecule has 0 spiro atoms. The Bertz CT molecular complexity index is 196. The Labute approximate surface area is 99.7 Å². The maximum Gasteiger partial charge on any atom is 0.0594 e. The van der Waals surface area contributed by atoms with Gasteiger partial charge in [0.2, 0.25) is 0 Å². The van der Waals surface area contributed by atoms with Gasteiger partial charge in [-0.25, -0.2) is 0 Å². The van der Waals surface area contributed by atoms with Crippen molar-refractivity contribution in [2.24, 2.45) is 0 Å². The van der Waals surface area contributed by atoms with Gasteiger partial charge in [-0.15, -0.1) is 0 Å². The molecule has 0 bridgehead atoms. The van der Waals surface area contributed by atoms with Crippen LogP contribution >= 0.6 is 0 Å². The van der Waals surface area contributed by atoms with Crippen LogP contribution in [0.1, 0.15) is 32.6 Å². The maximum absolute atomic E-state index is 5.42. The molecular formula is C13H26N2O. The first-order valence-corrected chi connectivity index (χ1v) is 6.83. The molecule has 0 amide bonds. The van der Waals surface area contributed by atoms with Crippen molar-refractivity contribution in [1.29, 1.82) is 0 Å². The van der Waals surface area contributed by atoms with Crippen LogP contribution in [0.3, 0.4) is 0 Å². The lowest BCUT2D eigenvalue weighted by atomic mass is 9.89. The average Bonchev–Trinajstić information content (AvgIpc) is 2.39. The summed E-state index contributed by atoms with van der Waals surface area (Å²) < 4.78 is 5.42. The Morgan fingerprint density at radius 1 is 1.12 bits per heavy atom. The van der Waals surface area contributed by atoms with Gasteiger partial charge in [0, 0.05) is 25.2 Å². The van der Waals surface area contributed by atoms with Gasteiger partial charge in [0.15, 0.2) is 0 Å². The van der Waals surface area contributed by atoms with E-state index in [0.717, 1.165) is 38.4 Å². The van der Waals surface area contributed by atoms with Crippen molar-refractivity contribution in [2.45, 2.75) is 44.7 Å². The minimum atomic E-state index is 0.835. The largest absolute Gasteiger partial charge is 0.379 e. The van der Waals surface area contributed by atoms with Crippen LogP contribution in [0.2, 0.25) is 0 Å². The fourth-order valence-electron chi connectivity index (χ4n) is 3.06. The summed E-state index contributed by atoms with van der Waals surface area (Å²) in [6.07, 6.45) is 5.53. The summed E-state index contributed by atoms with van der Waals surface area (Å²) in [6, 6.07) is 1.67. The highest BCUT2D eigenvalue weighted by Gasteiger charge is 2.27. The van der Waals surface area contributed by atoms with Crippen molar-refractivity contribution in [3.05, 3.63) is 0 Å². The third-order valence-electron chi connectivity index (χ3n) is 4.35. The van der Waals surface area contributed by atoms with E-state index in [1.165, 1.54) is 32.2 Å². The number of ether oxygens (including phenoxy) is 1. The molecule has 3 nitrogen and oxygen atoms in total. The van der Waals surface area contributed by atoms with E-state index in [2.05, 4.69) is 23.8 Å². The predicted molar refractivity (Wildman–Crippen MR) is 66.7 cm³/mol. The highest BCUT2D eigenvalue weighted by Crippen LogP contribution is 2.26. The zero-order valence-corrected chi connectivity index (χ0v) is 10.8. The summed E-state index contributed by atoms with van der Waals surface area (Å²) in [5.41, 5.74) is 0. The summed E-state index contributed by atoms with van der Waals surface area (Å²) in [4.78, 5) is 5.15. The lowest BCUT2D eigenvalue weighted by molar-refractivity contribution is 0.00243. The van der Waals surface area contributed by atoms with Gasteiger partial charge in [-0.05, 0) is 39.3 Å². The number of rotatable bonds is 3. The van der Waals surface area contributed by atoms with E-state index in [-0.39, 0.29) is 0 Å². The van der Waals surface area contributed by atoms with Gasteiger partial charge in [-0.1, -0.05) is 6.92 Å². The van der Waals surface area contributed by atoms with Crippen molar-refractivity contribution < 1.29 is 4.74 Å². The summed E-state index contributed by atoms with van der Waals surface area (Å²) in [7, 11) is 2.26. The van der Waals surface area contributed by atoms with Gasteiger partial charge < -0.3 is 9.64 Å². The zero-order valence-electron chi connectivity index (χ0n) is 10.8. The molecule has 0 aromatic rings. The molecular weight excluding hydrogens is 200 g/mol. The first kappa shape index (κ1) is 12.3. The number of morpholine rings is 1. The monoisotopic (exact) mass is 226 g/mol. The summed E-state index contributed by atoms with van der Waals surface area (Å²) in [5.74, 6) is 0. The Morgan fingerprint density at radius 2 is 1.75 bits per heavy atom. The summed E-state index contributed by atoms with van der Waals surface area (Å²) in [5, 5.41) is 0. The minimum absolute atomic E-state index is 0.835. The minimum Gasteiger partial charge on any atom is -0.379 e. The number of nitrogens with zero attached hydrogens (tertiary/aromatic N) is 2. The van der Waals surface area contributed by atoms with Gasteiger partial charge in [-0.2, -0.15) is 0 Å². The third-order valence-corrected chi connectivity index (χ3v) is 4.35. The first-order chi connectivity index (χ1) is 7.81. The number of hydrogen-bond acceptors (Lipinski definition) is 3. The molecule has 2 rings (SSSR count). The maximum atomic E-state index is 5.42. The molecule has 3 heteroatoms. The highest BCUT2D eigenvalue weighted by molar-refractivity contribution is 4.84. The van der Waals surface area contributed by atoms with E-state index in [1.807, 2.05) is 0 Å². The Morgan fingerprint density at radius 3 is 2.31 bits per heavy atom. The topological polar surface area (TPSA) is 15.7 Å². The van der Waals surface area contributed by atoms with Crippen molar-refractivity contribution in [1.82, 2.24) is 9.80 Å². The molecule has 1 heterocycles. The van der Waals surface area contributed by atoms with Crippen molar-refractivity contribution >= 4 is 0 Å². The second-order valence-electron chi connectivity index (χ2n) is 5.18. The quantitative estimate of drug-likeness (QED) is 0.727. The second kappa shape index (κ2) is 5.99. The molecule has 0 atom stereocenters. The Balaban J connectivity index is 1.75. The standard InChI is InChI=1S/C13H26N2O/c1-3-14(2)12-4-6-13(7-5-12)15-8-10-16-11-9-15/h12-13H,3-11H2,1-2H3. The van der Waals surface area contributed by atoms with Gasteiger partial charge >= 0.3 is 0 Å². The highest BCUT2D eigenvalue weighted by atomic mass is 16.5. The van der Waals surface area contributed by atoms with Crippen LogP contribution in [-0.2, 0) is 4.74 Å².